The first kappa shape index (κ1) is 12.2. The van der Waals surface area contributed by atoms with E-state index in [4.69, 9.17) is 4.74 Å². The van der Waals surface area contributed by atoms with Gasteiger partial charge in [-0.05, 0) is 30.6 Å². The predicted molar refractivity (Wildman–Crippen MR) is 69.0 cm³/mol. The first-order valence-electron chi connectivity index (χ1n) is 5.15. The minimum Gasteiger partial charge on any atom is -0.498 e. The smallest absolute Gasteiger partial charge is 0.0966 e. The van der Waals surface area contributed by atoms with Crippen LogP contribution in [0.3, 0.4) is 0 Å². The van der Waals surface area contributed by atoms with E-state index in [1.165, 1.54) is 12.0 Å². The molecular formula is C13H18OS. The van der Waals surface area contributed by atoms with Gasteiger partial charge in [-0.1, -0.05) is 30.3 Å². The van der Waals surface area contributed by atoms with Gasteiger partial charge in [-0.3, -0.25) is 0 Å². The van der Waals surface area contributed by atoms with Crippen molar-refractivity contribution < 1.29 is 4.74 Å². The summed E-state index contributed by atoms with van der Waals surface area (Å²) in [6, 6.07) is 10.3. The number of hydrogen-bond donors (Lipinski definition) is 0. The lowest BCUT2D eigenvalue weighted by Crippen LogP contribution is -1.78. The molecule has 0 atom stereocenters. The van der Waals surface area contributed by atoms with Crippen molar-refractivity contribution in [2.24, 2.45) is 0 Å². The van der Waals surface area contributed by atoms with Crippen LogP contribution in [0.1, 0.15) is 18.4 Å². The third-order valence-electron chi connectivity index (χ3n) is 1.98. The SMILES string of the molecule is C(=C1CCCO1)c1ccccc1.CSC. The lowest BCUT2D eigenvalue weighted by Gasteiger charge is -1.97. The molecule has 0 unspecified atom stereocenters. The summed E-state index contributed by atoms with van der Waals surface area (Å²) in [6.45, 7) is 0.888. The van der Waals surface area contributed by atoms with Crippen LogP contribution in [0, 0.1) is 0 Å². The summed E-state index contributed by atoms with van der Waals surface area (Å²) in [5.41, 5.74) is 1.23. The second kappa shape index (κ2) is 7.41. The molecule has 0 aromatic heterocycles. The van der Waals surface area contributed by atoms with Gasteiger partial charge in [-0.25, -0.2) is 0 Å². The second-order valence-corrected chi connectivity index (χ2v) is 4.20. The van der Waals surface area contributed by atoms with Gasteiger partial charge in [-0.2, -0.15) is 11.8 Å². The lowest BCUT2D eigenvalue weighted by atomic mass is 10.2. The lowest BCUT2D eigenvalue weighted by molar-refractivity contribution is 0.266. The van der Waals surface area contributed by atoms with E-state index in [0.717, 1.165) is 18.8 Å². The van der Waals surface area contributed by atoms with Gasteiger partial charge in [0.05, 0.1) is 12.4 Å². The van der Waals surface area contributed by atoms with Crippen LogP contribution in [0.15, 0.2) is 36.1 Å². The van der Waals surface area contributed by atoms with E-state index in [9.17, 15) is 0 Å². The zero-order chi connectivity index (χ0) is 10.9. The van der Waals surface area contributed by atoms with Crippen molar-refractivity contribution in [1.29, 1.82) is 0 Å². The van der Waals surface area contributed by atoms with Crippen LogP contribution in [0.4, 0.5) is 0 Å². The van der Waals surface area contributed by atoms with Crippen molar-refractivity contribution in [1.82, 2.24) is 0 Å². The van der Waals surface area contributed by atoms with Crippen LogP contribution >= 0.6 is 11.8 Å². The molecule has 1 aromatic carbocycles. The maximum Gasteiger partial charge on any atom is 0.0966 e. The average molecular weight is 222 g/mol. The minimum atomic E-state index is 0.888. The molecule has 0 spiro atoms. The second-order valence-electron chi connectivity index (χ2n) is 3.38. The van der Waals surface area contributed by atoms with Gasteiger partial charge in [0.25, 0.3) is 0 Å². The van der Waals surface area contributed by atoms with E-state index in [2.05, 4.69) is 18.2 Å². The topological polar surface area (TPSA) is 9.23 Å². The Labute approximate surface area is 96.5 Å². The highest BCUT2D eigenvalue weighted by Gasteiger charge is 2.06. The zero-order valence-corrected chi connectivity index (χ0v) is 10.2. The molecular weight excluding hydrogens is 204 g/mol. The van der Waals surface area contributed by atoms with Gasteiger partial charge in [0.1, 0.15) is 0 Å². The quantitative estimate of drug-likeness (QED) is 0.714. The van der Waals surface area contributed by atoms with Crippen LogP contribution in [-0.2, 0) is 4.74 Å². The molecule has 1 aliphatic rings. The zero-order valence-electron chi connectivity index (χ0n) is 9.40. The fourth-order valence-corrected chi connectivity index (χ4v) is 1.37. The van der Waals surface area contributed by atoms with E-state index in [-0.39, 0.29) is 0 Å². The Balaban J connectivity index is 0.000000337. The summed E-state index contributed by atoms with van der Waals surface area (Å²) < 4.78 is 5.42. The summed E-state index contributed by atoms with van der Waals surface area (Å²) in [6.07, 6.45) is 8.46. The van der Waals surface area contributed by atoms with Gasteiger partial charge in [0.15, 0.2) is 0 Å². The van der Waals surface area contributed by atoms with Gasteiger partial charge in [-0.15, -0.1) is 0 Å². The highest BCUT2D eigenvalue weighted by molar-refractivity contribution is 7.97. The van der Waals surface area contributed by atoms with Crippen LogP contribution in [0.25, 0.3) is 6.08 Å². The number of hydrogen-bond acceptors (Lipinski definition) is 2. The first-order valence-corrected chi connectivity index (χ1v) is 6.78. The molecule has 0 amide bonds. The molecule has 0 radical (unpaired) electrons. The van der Waals surface area contributed by atoms with Crippen molar-refractivity contribution in [2.45, 2.75) is 12.8 Å². The standard InChI is InChI=1S/C11H12O.C2H6S/c1-2-5-10(6-3-1)9-11-7-4-8-12-11;1-3-2/h1-3,5-6,9H,4,7-8H2;1-2H3. The molecule has 1 nitrogen and oxygen atoms in total. The Bertz CT molecular complexity index is 285. The molecule has 0 aliphatic carbocycles. The fourth-order valence-electron chi connectivity index (χ4n) is 1.37. The Morgan fingerprint density at radius 1 is 1.20 bits per heavy atom. The highest BCUT2D eigenvalue weighted by atomic mass is 32.2. The maximum absolute atomic E-state index is 5.42. The molecule has 0 bridgehead atoms. The van der Waals surface area contributed by atoms with E-state index >= 15 is 0 Å². The summed E-state index contributed by atoms with van der Waals surface area (Å²) in [7, 11) is 0. The van der Waals surface area contributed by atoms with Gasteiger partial charge < -0.3 is 4.74 Å². The van der Waals surface area contributed by atoms with E-state index in [1.54, 1.807) is 11.8 Å². The molecule has 1 fully saturated rings. The molecule has 0 N–H and O–H groups in total. The van der Waals surface area contributed by atoms with Crippen LogP contribution in [0.2, 0.25) is 0 Å². The number of ether oxygens (including phenoxy) is 1. The molecule has 2 rings (SSSR count). The molecule has 1 saturated heterocycles. The normalized spacial score (nSPS) is 16.8. The number of thioether (sulfide) groups is 1. The van der Waals surface area contributed by atoms with E-state index < -0.39 is 0 Å². The Morgan fingerprint density at radius 3 is 2.40 bits per heavy atom. The largest absolute Gasteiger partial charge is 0.498 e. The van der Waals surface area contributed by atoms with Crippen LogP contribution in [-0.4, -0.2) is 19.1 Å². The molecule has 1 aromatic rings. The third kappa shape index (κ3) is 4.93. The summed E-state index contributed by atoms with van der Waals surface area (Å²) in [5, 5.41) is 0. The minimum absolute atomic E-state index is 0.888. The van der Waals surface area contributed by atoms with Crippen molar-refractivity contribution in [3.8, 4) is 0 Å². The Kier molecular flexibility index (Phi) is 6.02. The monoisotopic (exact) mass is 222 g/mol. The predicted octanol–water partition coefficient (Wildman–Crippen LogP) is 3.82. The summed E-state index contributed by atoms with van der Waals surface area (Å²) in [5.74, 6) is 1.13. The van der Waals surface area contributed by atoms with Gasteiger partial charge in [0.2, 0.25) is 0 Å². The molecule has 82 valence electrons. The maximum atomic E-state index is 5.42. The molecule has 1 aliphatic heterocycles. The summed E-state index contributed by atoms with van der Waals surface area (Å²) >= 11 is 1.75. The van der Waals surface area contributed by atoms with Crippen molar-refractivity contribution in [2.75, 3.05) is 19.1 Å². The number of allylic oxidation sites excluding steroid dienone is 1. The van der Waals surface area contributed by atoms with Crippen molar-refractivity contribution in [3.63, 3.8) is 0 Å². The Morgan fingerprint density at radius 2 is 1.87 bits per heavy atom. The van der Waals surface area contributed by atoms with Crippen molar-refractivity contribution in [3.05, 3.63) is 41.7 Å². The average Bonchev–Trinajstić information content (AvgIpc) is 2.73. The molecule has 0 saturated carbocycles. The summed E-state index contributed by atoms with van der Waals surface area (Å²) in [4.78, 5) is 0. The highest BCUT2D eigenvalue weighted by Crippen LogP contribution is 2.18. The third-order valence-corrected chi connectivity index (χ3v) is 1.98. The number of rotatable bonds is 1. The Hall–Kier alpha value is -0.890. The van der Waals surface area contributed by atoms with Crippen LogP contribution in [0.5, 0.6) is 0 Å². The van der Waals surface area contributed by atoms with Gasteiger partial charge in [0, 0.05) is 6.42 Å². The molecule has 15 heavy (non-hydrogen) atoms. The van der Waals surface area contributed by atoms with Crippen LogP contribution < -0.4 is 0 Å². The van der Waals surface area contributed by atoms with E-state index in [1.807, 2.05) is 30.7 Å². The first-order chi connectivity index (χ1) is 7.36. The van der Waals surface area contributed by atoms with Crippen molar-refractivity contribution >= 4 is 17.8 Å². The molecule has 2 heteroatoms. The number of benzene rings is 1. The fraction of sp³-hybridized carbons (Fsp3) is 0.385. The van der Waals surface area contributed by atoms with E-state index in [0.29, 0.717) is 0 Å². The molecule has 1 heterocycles. The van der Waals surface area contributed by atoms with Gasteiger partial charge >= 0.3 is 0 Å².